The van der Waals surface area contributed by atoms with Crippen molar-refractivity contribution in [1.29, 1.82) is 0 Å². The lowest BCUT2D eigenvalue weighted by Gasteiger charge is -1.80. The number of aryl methyl sites for hydroxylation is 1. The number of nitrogens with one attached hydrogen (secondary N) is 1. The summed E-state index contributed by atoms with van der Waals surface area (Å²) in [6, 6.07) is 1.82. The van der Waals surface area contributed by atoms with E-state index in [1.807, 2.05) is 13.0 Å². The molecular weight excluding hydrogens is 129 g/mol. The van der Waals surface area contributed by atoms with Gasteiger partial charge in [0.05, 0.1) is 5.35 Å². The lowest BCUT2D eigenvalue weighted by Crippen LogP contribution is -2.21. The summed E-state index contributed by atoms with van der Waals surface area (Å²) >= 11 is 0. The summed E-state index contributed by atoms with van der Waals surface area (Å²) in [7, 11) is 0. The molecule has 0 saturated carbocycles. The topological polar surface area (TPSA) is 15.8 Å². The number of halogens is 1. The van der Waals surface area contributed by atoms with Crippen LogP contribution in [0.4, 0.5) is 4.39 Å². The fourth-order valence-electron chi connectivity index (χ4n) is 0.954. The number of hydrogen-bond acceptors (Lipinski definition) is 0. The molecule has 0 unspecified atom stereocenters. The number of H-pyrrole nitrogens is 1. The lowest BCUT2D eigenvalue weighted by atomic mass is 10.4. The van der Waals surface area contributed by atoms with E-state index in [2.05, 4.69) is 11.6 Å². The third-order valence-corrected chi connectivity index (χ3v) is 1.38. The van der Waals surface area contributed by atoms with Crippen molar-refractivity contribution in [1.82, 2.24) is 4.98 Å². The van der Waals surface area contributed by atoms with E-state index >= 15 is 0 Å². The van der Waals surface area contributed by atoms with E-state index in [-0.39, 0.29) is 5.83 Å². The van der Waals surface area contributed by atoms with Crippen molar-refractivity contribution in [2.45, 2.75) is 13.8 Å². The monoisotopic (exact) mass is 139 g/mol. The van der Waals surface area contributed by atoms with Crippen molar-refractivity contribution >= 4 is 12.4 Å². The lowest BCUT2D eigenvalue weighted by molar-refractivity contribution is 0.735. The van der Waals surface area contributed by atoms with Crippen LogP contribution in [-0.4, -0.2) is 4.98 Å². The molecule has 0 aliphatic heterocycles. The van der Waals surface area contributed by atoms with Crippen LogP contribution in [0.5, 0.6) is 0 Å². The second kappa shape index (κ2) is 2.29. The Morgan fingerprint density at radius 3 is 2.50 bits per heavy atom. The Morgan fingerprint density at radius 2 is 2.30 bits per heavy atom. The quantitative estimate of drug-likeness (QED) is 0.548. The molecule has 1 heterocycles. The molecule has 1 N–H and O–H groups in total. The van der Waals surface area contributed by atoms with E-state index < -0.39 is 0 Å². The van der Waals surface area contributed by atoms with Gasteiger partial charge < -0.3 is 4.98 Å². The zero-order chi connectivity index (χ0) is 7.72. The minimum absolute atomic E-state index is 0.210. The predicted octanol–water partition coefficient (Wildman–Crippen LogP) is 0.831. The van der Waals surface area contributed by atoms with Gasteiger partial charge in [-0.2, -0.15) is 0 Å². The molecule has 0 radical (unpaired) electrons. The molecule has 0 aliphatic carbocycles. The SMILES string of the molecule is C=c1cc(C)[nH]/c1=C(/C)F. The molecule has 0 bridgehead atoms. The summed E-state index contributed by atoms with van der Waals surface area (Å²) < 4.78 is 12.6. The third kappa shape index (κ3) is 1.10. The van der Waals surface area contributed by atoms with E-state index in [1.165, 1.54) is 6.92 Å². The fourth-order valence-corrected chi connectivity index (χ4v) is 0.954. The van der Waals surface area contributed by atoms with Gasteiger partial charge in [-0.1, -0.05) is 6.58 Å². The van der Waals surface area contributed by atoms with Crippen molar-refractivity contribution in [3.8, 4) is 0 Å². The average molecular weight is 139 g/mol. The van der Waals surface area contributed by atoms with Gasteiger partial charge in [0.1, 0.15) is 5.83 Å². The predicted molar refractivity (Wildman–Crippen MR) is 40.5 cm³/mol. The molecule has 0 spiro atoms. The van der Waals surface area contributed by atoms with Gasteiger partial charge in [0, 0.05) is 5.69 Å². The first kappa shape index (κ1) is 7.06. The summed E-state index contributed by atoms with van der Waals surface area (Å²) in [6.07, 6.45) is 0. The highest BCUT2D eigenvalue weighted by molar-refractivity contribution is 5.31. The van der Waals surface area contributed by atoms with Crippen molar-refractivity contribution in [2.75, 3.05) is 0 Å². The first-order valence-corrected chi connectivity index (χ1v) is 3.12. The summed E-state index contributed by atoms with van der Waals surface area (Å²) in [5.74, 6) is -0.210. The first-order valence-electron chi connectivity index (χ1n) is 3.12. The van der Waals surface area contributed by atoms with Crippen molar-refractivity contribution in [3.63, 3.8) is 0 Å². The highest BCUT2D eigenvalue weighted by Crippen LogP contribution is 1.87. The third-order valence-electron chi connectivity index (χ3n) is 1.38. The van der Waals surface area contributed by atoms with Crippen LogP contribution in [0.25, 0.3) is 12.4 Å². The molecule has 0 atom stereocenters. The van der Waals surface area contributed by atoms with E-state index in [4.69, 9.17) is 0 Å². The van der Waals surface area contributed by atoms with Gasteiger partial charge in [-0.15, -0.1) is 0 Å². The van der Waals surface area contributed by atoms with Crippen LogP contribution in [0, 0.1) is 6.92 Å². The Labute approximate surface area is 58.9 Å². The molecule has 0 fully saturated rings. The van der Waals surface area contributed by atoms with Gasteiger partial charge in [-0.25, -0.2) is 4.39 Å². The highest BCUT2D eigenvalue weighted by Gasteiger charge is 1.91. The summed E-state index contributed by atoms with van der Waals surface area (Å²) in [5.41, 5.74) is 0.942. The van der Waals surface area contributed by atoms with E-state index in [0.29, 0.717) is 5.35 Å². The summed E-state index contributed by atoms with van der Waals surface area (Å²) in [4.78, 5) is 2.87. The highest BCUT2D eigenvalue weighted by atomic mass is 19.1. The van der Waals surface area contributed by atoms with Gasteiger partial charge in [0.25, 0.3) is 0 Å². The van der Waals surface area contributed by atoms with Crippen LogP contribution >= 0.6 is 0 Å². The Kier molecular flexibility index (Phi) is 1.62. The van der Waals surface area contributed by atoms with Gasteiger partial charge in [0.2, 0.25) is 0 Å². The Hall–Kier alpha value is -1.05. The van der Waals surface area contributed by atoms with Crippen LogP contribution < -0.4 is 10.6 Å². The molecule has 10 heavy (non-hydrogen) atoms. The zero-order valence-corrected chi connectivity index (χ0v) is 6.16. The molecule has 2 heteroatoms. The van der Waals surface area contributed by atoms with Crippen LogP contribution in [0.2, 0.25) is 0 Å². The minimum Gasteiger partial charge on any atom is -0.357 e. The summed E-state index contributed by atoms with van der Waals surface area (Å²) in [6.45, 7) is 6.96. The standard InChI is InChI=1S/C8H10FN/c1-5-4-6(2)10-8(5)7(3)9/h4,10H,1H2,2-3H3/b8-7-. The van der Waals surface area contributed by atoms with Crippen LogP contribution in [0.1, 0.15) is 12.6 Å². The van der Waals surface area contributed by atoms with E-state index in [0.717, 1.165) is 10.9 Å². The van der Waals surface area contributed by atoms with Gasteiger partial charge in [-0.05, 0) is 25.1 Å². The molecule has 1 aromatic rings. The molecule has 0 aromatic carbocycles. The fraction of sp³-hybridized carbons (Fsp3) is 0.250. The molecule has 0 amide bonds. The van der Waals surface area contributed by atoms with Gasteiger partial charge in [-0.3, -0.25) is 0 Å². The van der Waals surface area contributed by atoms with Crippen LogP contribution in [0.15, 0.2) is 6.07 Å². The second-order valence-corrected chi connectivity index (χ2v) is 2.39. The first-order chi connectivity index (χ1) is 4.61. The second-order valence-electron chi connectivity index (χ2n) is 2.39. The van der Waals surface area contributed by atoms with Crippen molar-refractivity contribution in [2.24, 2.45) is 0 Å². The molecule has 54 valence electrons. The molecular formula is C8H10FN. The molecule has 0 saturated heterocycles. The molecule has 1 aromatic heterocycles. The Balaban J connectivity index is 3.59. The van der Waals surface area contributed by atoms with E-state index in [9.17, 15) is 4.39 Å². The zero-order valence-electron chi connectivity index (χ0n) is 6.16. The smallest absolute Gasteiger partial charge is 0.121 e. The number of rotatable bonds is 0. The normalized spacial score (nSPS) is 13.5. The Bertz CT molecular complexity index is 331. The van der Waals surface area contributed by atoms with Crippen molar-refractivity contribution in [3.05, 3.63) is 22.3 Å². The molecule has 1 rings (SSSR count). The maximum Gasteiger partial charge on any atom is 0.121 e. The summed E-state index contributed by atoms with van der Waals surface area (Å²) in [5, 5.41) is 1.23. The number of hydrogen-bond donors (Lipinski definition) is 1. The number of aromatic nitrogens is 1. The number of aromatic amines is 1. The minimum atomic E-state index is -0.210. The largest absolute Gasteiger partial charge is 0.357 e. The van der Waals surface area contributed by atoms with Gasteiger partial charge in [0.15, 0.2) is 0 Å². The van der Waals surface area contributed by atoms with Crippen molar-refractivity contribution < 1.29 is 4.39 Å². The molecule has 1 nitrogen and oxygen atoms in total. The maximum absolute atomic E-state index is 12.6. The van der Waals surface area contributed by atoms with E-state index in [1.54, 1.807) is 0 Å². The Morgan fingerprint density at radius 1 is 1.70 bits per heavy atom. The average Bonchev–Trinajstić information content (AvgIpc) is 2.10. The van der Waals surface area contributed by atoms with Crippen LogP contribution in [-0.2, 0) is 0 Å². The van der Waals surface area contributed by atoms with Gasteiger partial charge >= 0.3 is 0 Å². The van der Waals surface area contributed by atoms with Crippen LogP contribution in [0.3, 0.4) is 0 Å². The molecule has 0 aliphatic rings. The maximum atomic E-state index is 12.6.